The minimum Gasteiger partial charge on any atom is -0.478 e. The number of hydrogen-bond donors (Lipinski definition) is 1. The zero-order chi connectivity index (χ0) is 12.0. The minimum atomic E-state index is -1.25. The number of ether oxygens (including phenoxy) is 1. The molecule has 1 rings (SSSR count). The molecule has 0 aliphatic rings. The van der Waals surface area contributed by atoms with Crippen molar-refractivity contribution in [3.8, 4) is 0 Å². The molecule has 0 heterocycles. The van der Waals surface area contributed by atoms with E-state index in [-0.39, 0.29) is 5.56 Å². The van der Waals surface area contributed by atoms with Crippen molar-refractivity contribution in [2.75, 3.05) is 19.0 Å². The topological polar surface area (TPSA) is 46.5 Å². The minimum absolute atomic E-state index is 0.290. The van der Waals surface area contributed by atoms with Crippen molar-refractivity contribution in [2.45, 2.75) is 11.8 Å². The van der Waals surface area contributed by atoms with Crippen LogP contribution in [-0.2, 0) is 4.74 Å². The van der Waals surface area contributed by atoms with Gasteiger partial charge in [0.25, 0.3) is 0 Å². The molecule has 5 heteroatoms. The van der Waals surface area contributed by atoms with Crippen LogP contribution in [0, 0.1) is 5.82 Å². The molecule has 0 atom stereocenters. The average molecular weight is 244 g/mol. The van der Waals surface area contributed by atoms with E-state index in [1.807, 2.05) is 6.92 Å². The van der Waals surface area contributed by atoms with E-state index in [9.17, 15) is 9.18 Å². The van der Waals surface area contributed by atoms with Crippen molar-refractivity contribution in [1.29, 1.82) is 0 Å². The van der Waals surface area contributed by atoms with E-state index in [0.29, 0.717) is 13.2 Å². The first-order chi connectivity index (χ1) is 7.65. The Morgan fingerprint density at radius 3 is 2.94 bits per heavy atom. The van der Waals surface area contributed by atoms with Crippen molar-refractivity contribution in [1.82, 2.24) is 0 Å². The second-order valence-electron chi connectivity index (χ2n) is 2.99. The Morgan fingerprint density at radius 2 is 2.31 bits per heavy atom. The summed E-state index contributed by atoms with van der Waals surface area (Å²) in [4.78, 5) is 11.4. The number of benzene rings is 1. The summed E-state index contributed by atoms with van der Waals surface area (Å²) in [6, 6.07) is 4.08. The smallest absolute Gasteiger partial charge is 0.338 e. The Kier molecular flexibility index (Phi) is 5.28. The molecule has 1 aromatic rings. The van der Waals surface area contributed by atoms with Gasteiger partial charge in [-0.1, -0.05) is 0 Å². The monoisotopic (exact) mass is 244 g/mol. The van der Waals surface area contributed by atoms with Crippen LogP contribution in [0.2, 0.25) is 0 Å². The molecule has 0 aliphatic heterocycles. The van der Waals surface area contributed by atoms with Crippen LogP contribution in [0.3, 0.4) is 0 Å². The maximum atomic E-state index is 13.0. The van der Waals surface area contributed by atoms with Gasteiger partial charge in [0.2, 0.25) is 0 Å². The van der Waals surface area contributed by atoms with Gasteiger partial charge in [0.15, 0.2) is 0 Å². The van der Waals surface area contributed by atoms with Gasteiger partial charge < -0.3 is 9.84 Å². The van der Waals surface area contributed by atoms with Gasteiger partial charge >= 0.3 is 5.97 Å². The molecule has 0 radical (unpaired) electrons. The lowest BCUT2D eigenvalue weighted by atomic mass is 10.2. The van der Waals surface area contributed by atoms with Crippen LogP contribution in [0.5, 0.6) is 0 Å². The molecule has 0 aliphatic carbocycles. The number of thioether (sulfide) groups is 1. The number of carboxylic acids is 1. The number of rotatable bonds is 6. The molecule has 3 nitrogen and oxygen atoms in total. The highest BCUT2D eigenvalue weighted by molar-refractivity contribution is 7.99. The molecular formula is C11H13FO3S. The van der Waals surface area contributed by atoms with Crippen molar-refractivity contribution in [3.63, 3.8) is 0 Å². The first-order valence-corrected chi connectivity index (χ1v) is 5.87. The molecule has 0 bridgehead atoms. The van der Waals surface area contributed by atoms with E-state index in [1.165, 1.54) is 23.9 Å². The van der Waals surface area contributed by atoms with Gasteiger partial charge in [-0.2, -0.15) is 0 Å². The summed E-state index contributed by atoms with van der Waals surface area (Å²) >= 11 is 1.45. The first-order valence-electron chi connectivity index (χ1n) is 4.88. The fourth-order valence-electron chi connectivity index (χ4n) is 1.12. The van der Waals surface area contributed by atoms with Gasteiger partial charge in [0.05, 0.1) is 12.2 Å². The number of aromatic carboxylic acids is 1. The zero-order valence-corrected chi connectivity index (χ0v) is 9.72. The molecule has 88 valence electrons. The van der Waals surface area contributed by atoms with Gasteiger partial charge in [-0.05, 0) is 25.1 Å². The van der Waals surface area contributed by atoms with Crippen LogP contribution in [0.1, 0.15) is 17.3 Å². The molecule has 0 fully saturated rings. The highest BCUT2D eigenvalue weighted by atomic mass is 32.2. The predicted molar refractivity (Wildman–Crippen MR) is 60.6 cm³/mol. The lowest BCUT2D eigenvalue weighted by Crippen LogP contribution is -2.01. The Hall–Kier alpha value is -1.07. The summed E-state index contributed by atoms with van der Waals surface area (Å²) in [5.41, 5.74) is -0.290. The van der Waals surface area contributed by atoms with E-state index in [4.69, 9.17) is 9.84 Å². The van der Waals surface area contributed by atoms with E-state index in [1.54, 1.807) is 6.07 Å². The van der Waals surface area contributed by atoms with E-state index in [0.717, 1.165) is 10.6 Å². The van der Waals surface area contributed by atoms with Gasteiger partial charge in [0.1, 0.15) is 5.82 Å². The van der Waals surface area contributed by atoms with Crippen LogP contribution in [0.15, 0.2) is 23.1 Å². The molecule has 0 spiro atoms. The Bertz CT molecular complexity index is 368. The van der Waals surface area contributed by atoms with Crippen molar-refractivity contribution in [2.24, 2.45) is 0 Å². The molecule has 0 saturated carbocycles. The van der Waals surface area contributed by atoms with Gasteiger partial charge in [0, 0.05) is 17.3 Å². The van der Waals surface area contributed by atoms with Crippen molar-refractivity contribution < 1.29 is 19.0 Å². The molecule has 0 amide bonds. The third-order valence-corrected chi connectivity index (χ3v) is 2.83. The molecule has 1 aromatic carbocycles. The van der Waals surface area contributed by atoms with E-state index < -0.39 is 11.8 Å². The van der Waals surface area contributed by atoms with Gasteiger partial charge in [-0.25, -0.2) is 9.18 Å². The highest BCUT2D eigenvalue weighted by Crippen LogP contribution is 2.21. The number of hydrogen-bond acceptors (Lipinski definition) is 3. The van der Waals surface area contributed by atoms with Crippen molar-refractivity contribution >= 4 is 17.7 Å². The molecule has 1 N–H and O–H groups in total. The fourth-order valence-corrected chi connectivity index (χ4v) is 1.92. The van der Waals surface area contributed by atoms with Crippen LogP contribution in [0.25, 0.3) is 0 Å². The molecular weight excluding hydrogens is 231 g/mol. The van der Waals surface area contributed by atoms with Crippen LogP contribution < -0.4 is 0 Å². The third kappa shape index (κ3) is 3.83. The van der Waals surface area contributed by atoms with Gasteiger partial charge in [-0.3, -0.25) is 0 Å². The second-order valence-corrected chi connectivity index (χ2v) is 4.16. The Morgan fingerprint density at radius 1 is 1.56 bits per heavy atom. The molecule has 16 heavy (non-hydrogen) atoms. The maximum Gasteiger partial charge on any atom is 0.338 e. The number of halogens is 1. The molecule has 0 saturated heterocycles. The summed E-state index contributed by atoms with van der Waals surface area (Å²) in [6.45, 7) is 3.16. The zero-order valence-electron chi connectivity index (χ0n) is 8.90. The SMILES string of the molecule is CCOCCSc1ccc(F)c(C(=O)O)c1. The van der Waals surface area contributed by atoms with E-state index in [2.05, 4.69) is 0 Å². The average Bonchev–Trinajstić information content (AvgIpc) is 2.26. The Balaban J connectivity index is 2.61. The summed E-state index contributed by atoms with van der Waals surface area (Å²) in [6.07, 6.45) is 0. The second kappa shape index (κ2) is 6.50. The fraction of sp³-hybridized carbons (Fsp3) is 0.364. The standard InChI is InChI=1S/C11H13FO3S/c1-2-15-5-6-16-8-3-4-10(12)9(7-8)11(13)14/h3-4,7H,2,5-6H2,1H3,(H,13,14). The predicted octanol–water partition coefficient (Wildman–Crippen LogP) is 2.65. The first kappa shape index (κ1) is 13.0. The normalized spacial score (nSPS) is 10.4. The summed E-state index contributed by atoms with van der Waals surface area (Å²) in [7, 11) is 0. The maximum absolute atomic E-state index is 13.0. The van der Waals surface area contributed by atoms with Crippen LogP contribution >= 0.6 is 11.8 Å². The van der Waals surface area contributed by atoms with Crippen LogP contribution in [0.4, 0.5) is 4.39 Å². The largest absolute Gasteiger partial charge is 0.478 e. The van der Waals surface area contributed by atoms with Crippen molar-refractivity contribution in [3.05, 3.63) is 29.6 Å². The lowest BCUT2D eigenvalue weighted by molar-refractivity contribution is 0.0691. The highest BCUT2D eigenvalue weighted by Gasteiger charge is 2.10. The molecule has 0 aromatic heterocycles. The summed E-state index contributed by atoms with van der Waals surface area (Å²) in [5, 5.41) is 8.73. The lowest BCUT2D eigenvalue weighted by Gasteiger charge is -2.04. The third-order valence-electron chi connectivity index (χ3n) is 1.87. The Labute approximate surface area is 97.6 Å². The van der Waals surface area contributed by atoms with Gasteiger partial charge in [-0.15, -0.1) is 11.8 Å². The van der Waals surface area contributed by atoms with Crippen LogP contribution in [-0.4, -0.2) is 30.0 Å². The number of carbonyl (C=O) groups is 1. The molecule has 0 unspecified atom stereocenters. The number of carboxylic acid groups (broad SMARTS) is 1. The van der Waals surface area contributed by atoms with E-state index >= 15 is 0 Å². The summed E-state index contributed by atoms with van der Waals surface area (Å²) in [5.74, 6) is -1.23. The quantitative estimate of drug-likeness (QED) is 0.617. The summed E-state index contributed by atoms with van der Waals surface area (Å²) < 4.78 is 18.2.